The minimum absolute atomic E-state index is 0.0638. The molecule has 1 aliphatic rings. The lowest BCUT2D eigenvalue weighted by atomic mass is 10.1. The SMILES string of the molecule is COc1cccc(/C=C2/C(=O)NN(c3ccccc3)C2=O)c1OCC(=O)Nc1ccc(C)cc1. The number of carbonyl (C=O) groups excluding carboxylic acids is 3. The highest BCUT2D eigenvalue weighted by Crippen LogP contribution is 2.33. The Morgan fingerprint density at radius 2 is 1.74 bits per heavy atom. The van der Waals surface area contributed by atoms with Gasteiger partial charge in [0.2, 0.25) is 0 Å². The first kappa shape index (κ1) is 22.6. The van der Waals surface area contributed by atoms with Crippen LogP contribution in [0.15, 0.2) is 78.4 Å². The molecule has 0 aliphatic carbocycles. The predicted molar refractivity (Wildman–Crippen MR) is 128 cm³/mol. The van der Waals surface area contributed by atoms with Gasteiger partial charge in [-0.05, 0) is 43.3 Å². The predicted octanol–water partition coefficient (Wildman–Crippen LogP) is 3.48. The van der Waals surface area contributed by atoms with Crippen molar-refractivity contribution in [1.82, 2.24) is 5.43 Å². The van der Waals surface area contributed by atoms with Crippen molar-refractivity contribution in [3.63, 3.8) is 0 Å². The number of aryl methyl sites for hydroxylation is 1. The fourth-order valence-electron chi connectivity index (χ4n) is 3.41. The molecule has 1 heterocycles. The molecule has 4 rings (SSSR count). The summed E-state index contributed by atoms with van der Waals surface area (Å²) in [5.41, 5.74) is 5.19. The standard InChI is InChI=1S/C26H23N3O5/c1-17-11-13-19(14-12-17)27-23(30)16-34-24-18(7-6-10-22(24)33-2)15-21-25(31)28-29(26(21)32)20-8-4-3-5-9-20/h3-15H,16H2,1-2H3,(H,27,30)(H,28,31)/b21-15-. The van der Waals surface area contributed by atoms with Crippen molar-refractivity contribution in [3.8, 4) is 11.5 Å². The number of carbonyl (C=O) groups is 3. The molecular weight excluding hydrogens is 434 g/mol. The second kappa shape index (κ2) is 9.91. The molecule has 0 aromatic heterocycles. The zero-order valence-electron chi connectivity index (χ0n) is 18.7. The number of hydrogen-bond donors (Lipinski definition) is 2. The van der Waals surface area contributed by atoms with E-state index in [9.17, 15) is 14.4 Å². The van der Waals surface area contributed by atoms with Gasteiger partial charge in [0.25, 0.3) is 17.7 Å². The molecule has 1 fully saturated rings. The Balaban J connectivity index is 1.55. The first-order chi connectivity index (χ1) is 16.5. The van der Waals surface area contributed by atoms with E-state index in [1.807, 2.05) is 25.1 Å². The summed E-state index contributed by atoms with van der Waals surface area (Å²) < 4.78 is 11.1. The summed E-state index contributed by atoms with van der Waals surface area (Å²) in [7, 11) is 1.47. The Morgan fingerprint density at radius 3 is 2.44 bits per heavy atom. The van der Waals surface area contributed by atoms with Gasteiger partial charge in [-0.15, -0.1) is 0 Å². The van der Waals surface area contributed by atoms with Gasteiger partial charge < -0.3 is 14.8 Å². The third-order valence-electron chi connectivity index (χ3n) is 5.12. The number of methoxy groups -OCH3 is 1. The number of benzene rings is 3. The van der Waals surface area contributed by atoms with Crippen LogP contribution < -0.4 is 25.2 Å². The molecule has 34 heavy (non-hydrogen) atoms. The minimum atomic E-state index is -0.542. The van der Waals surface area contributed by atoms with Crippen molar-refractivity contribution in [2.24, 2.45) is 0 Å². The smallest absolute Gasteiger partial charge is 0.282 e. The molecule has 0 bridgehead atoms. The van der Waals surface area contributed by atoms with Gasteiger partial charge in [0.15, 0.2) is 18.1 Å². The van der Waals surface area contributed by atoms with Crippen molar-refractivity contribution >= 4 is 35.2 Å². The molecule has 8 nitrogen and oxygen atoms in total. The molecule has 0 atom stereocenters. The molecule has 3 aromatic rings. The second-order valence-electron chi connectivity index (χ2n) is 7.56. The molecule has 3 amide bonds. The van der Waals surface area contributed by atoms with E-state index in [-0.39, 0.29) is 23.8 Å². The van der Waals surface area contributed by atoms with E-state index in [1.165, 1.54) is 18.2 Å². The fourth-order valence-corrected chi connectivity index (χ4v) is 3.41. The Kier molecular flexibility index (Phi) is 6.59. The van der Waals surface area contributed by atoms with Crippen LogP contribution in [-0.2, 0) is 14.4 Å². The number of anilines is 2. The quantitative estimate of drug-likeness (QED) is 0.418. The molecular formula is C26H23N3O5. The van der Waals surface area contributed by atoms with Gasteiger partial charge in [0, 0.05) is 11.3 Å². The third-order valence-corrected chi connectivity index (χ3v) is 5.12. The summed E-state index contributed by atoms with van der Waals surface area (Å²) in [5.74, 6) is -0.793. The van der Waals surface area contributed by atoms with Crippen LogP contribution in [0.1, 0.15) is 11.1 Å². The lowest BCUT2D eigenvalue weighted by Gasteiger charge is -2.14. The van der Waals surface area contributed by atoms with Crippen molar-refractivity contribution in [2.45, 2.75) is 6.92 Å². The van der Waals surface area contributed by atoms with Gasteiger partial charge in [-0.1, -0.05) is 48.0 Å². The number of nitrogens with one attached hydrogen (secondary N) is 2. The minimum Gasteiger partial charge on any atom is -0.493 e. The van der Waals surface area contributed by atoms with E-state index in [2.05, 4.69) is 10.7 Å². The molecule has 0 spiro atoms. The van der Waals surface area contributed by atoms with Gasteiger partial charge in [-0.25, -0.2) is 5.01 Å². The zero-order valence-corrected chi connectivity index (χ0v) is 18.7. The van der Waals surface area contributed by atoms with Crippen molar-refractivity contribution in [1.29, 1.82) is 0 Å². The number of ether oxygens (including phenoxy) is 2. The highest BCUT2D eigenvalue weighted by atomic mass is 16.5. The highest BCUT2D eigenvalue weighted by molar-refractivity contribution is 6.31. The number of para-hydroxylation sites is 2. The van der Waals surface area contributed by atoms with Gasteiger partial charge in [-0.3, -0.25) is 19.8 Å². The highest BCUT2D eigenvalue weighted by Gasteiger charge is 2.34. The molecule has 0 saturated carbocycles. The molecule has 0 radical (unpaired) electrons. The van der Waals surface area contributed by atoms with Gasteiger partial charge in [-0.2, -0.15) is 0 Å². The van der Waals surface area contributed by atoms with Crippen molar-refractivity contribution < 1.29 is 23.9 Å². The van der Waals surface area contributed by atoms with Crippen molar-refractivity contribution in [3.05, 3.63) is 89.5 Å². The Bertz CT molecular complexity index is 1250. The summed E-state index contributed by atoms with van der Waals surface area (Å²) in [5, 5.41) is 3.95. The van der Waals surface area contributed by atoms with Crippen LogP contribution in [0.5, 0.6) is 11.5 Å². The summed E-state index contributed by atoms with van der Waals surface area (Å²) in [6, 6.07) is 21.2. The summed E-state index contributed by atoms with van der Waals surface area (Å²) >= 11 is 0. The topological polar surface area (TPSA) is 97.0 Å². The first-order valence-corrected chi connectivity index (χ1v) is 10.5. The maximum Gasteiger partial charge on any atom is 0.282 e. The van der Waals surface area contributed by atoms with Crippen LogP contribution >= 0.6 is 0 Å². The molecule has 1 aliphatic heterocycles. The molecule has 172 valence electrons. The van der Waals surface area contributed by atoms with E-state index in [0.717, 1.165) is 5.56 Å². The monoisotopic (exact) mass is 457 g/mol. The van der Waals surface area contributed by atoms with E-state index >= 15 is 0 Å². The lowest BCUT2D eigenvalue weighted by Crippen LogP contribution is -2.35. The third kappa shape index (κ3) is 4.91. The molecule has 3 aromatic carbocycles. The molecule has 1 saturated heterocycles. The maximum atomic E-state index is 12.9. The van der Waals surface area contributed by atoms with Crippen LogP contribution in [-0.4, -0.2) is 31.4 Å². The van der Waals surface area contributed by atoms with Crippen molar-refractivity contribution in [2.75, 3.05) is 24.0 Å². The number of amides is 3. The van der Waals surface area contributed by atoms with E-state index in [1.54, 1.807) is 54.6 Å². The summed E-state index contributed by atoms with van der Waals surface area (Å²) in [6.45, 7) is 1.67. The summed E-state index contributed by atoms with van der Waals surface area (Å²) in [6.07, 6.45) is 1.43. The zero-order chi connectivity index (χ0) is 24.1. The normalized spacial score (nSPS) is 14.2. The molecule has 2 N–H and O–H groups in total. The van der Waals surface area contributed by atoms with Gasteiger partial charge in [0.1, 0.15) is 5.57 Å². The van der Waals surface area contributed by atoms with E-state index in [0.29, 0.717) is 22.7 Å². The Hall–Kier alpha value is -4.59. The van der Waals surface area contributed by atoms with Crippen LogP contribution in [0, 0.1) is 6.92 Å². The van der Waals surface area contributed by atoms with Crippen LogP contribution in [0.4, 0.5) is 11.4 Å². The number of nitrogens with zero attached hydrogens (tertiary/aromatic N) is 1. The average molecular weight is 457 g/mol. The number of hydrazine groups is 1. The van der Waals surface area contributed by atoms with Crippen LogP contribution in [0.3, 0.4) is 0 Å². The van der Waals surface area contributed by atoms with Gasteiger partial charge in [0.05, 0.1) is 12.8 Å². The second-order valence-corrected chi connectivity index (χ2v) is 7.56. The lowest BCUT2D eigenvalue weighted by molar-refractivity contribution is -0.118. The molecule has 0 unspecified atom stereocenters. The largest absolute Gasteiger partial charge is 0.493 e. The fraction of sp³-hybridized carbons (Fsp3) is 0.115. The first-order valence-electron chi connectivity index (χ1n) is 10.5. The number of hydrogen-bond acceptors (Lipinski definition) is 5. The summed E-state index contributed by atoms with van der Waals surface area (Å²) in [4.78, 5) is 37.9. The Morgan fingerprint density at radius 1 is 1.00 bits per heavy atom. The molecule has 8 heteroatoms. The average Bonchev–Trinajstić information content (AvgIpc) is 3.13. The van der Waals surface area contributed by atoms with Gasteiger partial charge >= 0.3 is 0 Å². The van der Waals surface area contributed by atoms with Crippen LogP contribution in [0.25, 0.3) is 6.08 Å². The van der Waals surface area contributed by atoms with E-state index in [4.69, 9.17) is 9.47 Å². The van der Waals surface area contributed by atoms with E-state index < -0.39 is 11.8 Å². The van der Waals surface area contributed by atoms with Crippen LogP contribution in [0.2, 0.25) is 0 Å². The maximum absolute atomic E-state index is 12.9. The number of rotatable bonds is 7. The Labute approximate surface area is 196 Å².